The van der Waals surface area contributed by atoms with Crippen LogP contribution in [0.3, 0.4) is 0 Å². The molecule has 4 aromatic rings. The maximum Gasteiger partial charge on any atom is 0.264 e. The number of alkyl halides is 2. The number of amides is 2. The summed E-state index contributed by atoms with van der Waals surface area (Å²) in [4.78, 5) is 37.2. The minimum atomic E-state index is -4.64. The molecule has 4 aromatic heterocycles. The summed E-state index contributed by atoms with van der Waals surface area (Å²) in [6.07, 6.45) is -6.48. The number of rotatable bonds is 2. The van der Waals surface area contributed by atoms with Crippen LogP contribution in [0.1, 0.15) is 36.4 Å². The van der Waals surface area contributed by atoms with Gasteiger partial charge in [0.1, 0.15) is 47.9 Å². The molecule has 4 radical (unpaired) electrons. The highest BCUT2D eigenvalue weighted by Gasteiger charge is 2.54. The first-order valence-corrected chi connectivity index (χ1v) is 19.5. The number of aryl methyl sites for hydroxylation is 2. The lowest BCUT2D eigenvalue weighted by atomic mass is 10.1. The lowest BCUT2D eigenvalue weighted by Gasteiger charge is -2.29. The Labute approximate surface area is 295 Å². The van der Waals surface area contributed by atoms with Crippen molar-refractivity contribution >= 4 is 75.5 Å². The van der Waals surface area contributed by atoms with E-state index in [4.69, 9.17) is 42.7 Å². The van der Waals surface area contributed by atoms with Crippen LogP contribution in [0.4, 0.5) is 20.3 Å². The molecule has 268 valence electrons. The van der Waals surface area contributed by atoms with Crippen molar-refractivity contribution in [1.29, 1.82) is 0 Å². The number of pyridine rings is 1. The van der Waals surface area contributed by atoms with Gasteiger partial charge in [-0.3, -0.25) is 18.7 Å². The van der Waals surface area contributed by atoms with Crippen LogP contribution in [0.15, 0.2) is 31.0 Å². The predicted molar refractivity (Wildman–Crippen MR) is 177 cm³/mol. The van der Waals surface area contributed by atoms with E-state index in [1.807, 2.05) is 0 Å². The summed E-state index contributed by atoms with van der Waals surface area (Å²) >= 11 is 0. The molecule has 3 saturated heterocycles. The van der Waals surface area contributed by atoms with Gasteiger partial charge in [0, 0.05) is 36.8 Å². The number of carbonyl (C=O) groups excluding carboxylic acids is 2. The van der Waals surface area contributed by atoms with Crippen molar-refractivity contribution in [2.75, 3.05) is 23.8 Å². The Bertz CT molecular complexity index is 2090. The second-order valence-electron chi connectivity index (χ2n) is 13.0. The molecule has 2 N–H and O–H groups in total. The van der Waals surface area contributed by atoms with Gasteiger partial charge in [0.05, 0.1) is 24.3 Å². The Morgan fingerprint density at radius 3 is 1.88 bits per heavy atom. The summed E-state index contributed by atoms with van der Waals surface area (Å²) in [6.45, 7) is -1.44. The van der Waals surface area contributed by atoms with Crippen LogP contribution in [0.2, 0.25) is 0 Å². The van der Waals surface area contributed by atoms with Crippen LogP contribution in [-0.2, 0) is 59.1 Å². The molecular weight excluding hydrogens is 728 g/mol. The van der Waals surface area contributed by atoms with E-state index in [1.54, 1.807) is 18.5 Å². The number of fused-ring (bicyclic) bond motifs is 2. The smallest absolute Gasteiger partial charge is 0.264 e. The summed E-state index contributed by atoms with van der Waals surface area (Å²) in [5.41, 5.74) is 2.38. The number of nitrogens with one attached hydrogen (secondary N) is 2. The van der Waals surface area contributed by atoms with Crippen LogP contribution in [0.25, 0.3) is 22.1 Å². The van der Waals surface area contributed by atoms with Gasteiger partial charge in [-0.1, -0.05) is 0 Å². The van der Waals surface area contributed by atoms with E-state index < -0.39 is 77.4 Å². The molecule has 10 atom stereocenters. The number of ether oxygens (including phenoxy) is 2. The number of nitrogens with zero attached hydrogens (tertiary/aromatic N) is 5. The fourth-order valence-corrected chi connectivity index (χ4v) is 9.41. The zero-order valence-corrected chi connectivity index (χ0v) is 28.7. The van der Waals surface area contributed by atoms with Crippen molar-refractivity contribution < 1.29 is 55.1 Å². The number of carbonyl (C=O) groups is 2. The summed E-state index contributed by atoms with van der Waals surface area (Å²) in [7, 11) is 2.64. The number of halogens is 2. The average molecular weight is 755 g/mol. The third kappa shape index (κ3) is 5.82. The maximum atomic E-state index is 16.4. The molecule has 9 rings (SSSR count). The first-order valence-electron chi connectivity index (χ1n) is 16.3. The van der Waals surface area contributed by atoms with Crippen molar-refractivity contribution in [2.24, 2.45) is 0 Å². The van der Waals surface area contributed by atoms with Gasteiger partial charge in [0.15, 0.2) is 24.8 Å². The second kappa shape index (κ2) is 12.5. The minimum absolute atomic E-state index is 0.147. The summed E-state index contributed by atoms with van der Waals surface area (Å²) in [5.74, 6) is -0.178. The monoisotopic (exact) mass is 755 g/mol. The molecule has 3 fully saturated rings. The third-order valence-electron chi connectivity index (χ3n) is 9.71. The minimum Gasteiger partial charge on any atom is -0.346 e. The zero-order valence-electron chi connectivity index (χ0n) is 26.9. The van der Waals surface area contributed by atoms with Crippen molar-refractivity contribution in [3.05, 3.63) is 42.1 Å². The topological polar surface area (TPSA) is 196 Å². The van der Waals surface area contributed by atoms with Gasteiger partial charge in [-0.15, -0.1) is 0 Å². The summed E-state index contributed by atoms with van der Waals surface area (Å²) in [5, 5.41) is 6.59. The molecular formula is C29H27B2F2N7O10P2. The Balaban J connectivity index is 1.00. The molecule has 0 bridgehead atoms. The van der Waals surface area contributed by atoms with Crippen LogP contribution >= 0.6 is 14.9 Å². The van der Waals surface area contributed by atoms with E-state index in [2.05, 4.69) is 25.6 Å². The molecule has 0 saturated carbocycles. The van der Waals surface area contributed by atoms with Crippen molar-refractivity contribution in [3.63, 3.8) is 0 Å². The number of anilines is 2. The third-order valence-corrected chi connectivity index (χ3v) is 11.8. The first-order chi connectivity index (χ1) is 24.9. The largest absolute Gasteiger partial charge is 0.346 e. The Kier molecular flexibility index (Phi) is 8.24. The molecule has 5 aliphatic rings. The number of hydrogen-bond acceptors (Lipinski definition) is 13. The van der Waals surface area contributed by atoms with Gasteiger partial charge in [0.25, 0.3) is 14.9 Å². The molecule has 0 spiro atoms. The quantitative estimate of drug-likeness (QED) is 0.224. The van der Waals surface area contributed by atoms with E-state index in [0.29, 0.717) is 46.1 Å². The Hall–Kier alpha value is -3.54. The molecule has 23 heteroatoms. The van der Waals surface area contributed by atoms with Gasteiger partial charge >= 0.3 is 0 Å². The van der Waals surface area contributed by atoms with Crippen LogP contribution in [0.5, 0.6) is 0 Å². The van der Waals surface area contributed by atoms with Crippen LogP contribution in [-0.4, -0.2) is 101 Å². The molecule has 4 unspecified atom stereocenters. The van der Waals surface area contributed by atoms with E-state index in [1.165, 1.54) is 21.7 Å². The second-order valence-corrected chi connectivity index (χ2v) is 16.1. The van der Waals surface area contributed by atoms with Crippen molar-refractivity contribution in [2.45, 2.75) is 74.9 Å². The Morgan fingerprint density at radius 2 is 1.29 bits per heavy atom. The van der Waals surface area contributed by atoms with Gasteiger partial charge < -0.3 is 47.3 Å². The lowest BCUT2D eigenvalue weighted by molar-refractivity contribution is -0.116. The van der Waals surface area contributed by atoms with E-state index in [0.717, 1.165) is 0 Å². The van der Waals surface area contributed by atoms with Crippen LogP contribution < -0.4 is 10.6 Å². The molecule has 0 aromatic carbocycles. The van der Waals surface area contributed by atoms with Crippen molar-refractivity contribution in [1.82, 2.24) is 24.1 Å². The van der Waals surface area contributed by atoms with Gasteiger partial charge in [-0.05, 0) is 30.0 Å². The highest BCUT2D eigenvalue weighted by atomic mass is 31.2. The maximum absolute atomic E-state index is 16.4. The van der Waals surface area contributed by atoms with Gasteiger partial charge in [0.2, 0.25) is 26.9 Å². The highest BCUT2D eigenvalue weighted by molar-refractivity contribution is 7.79. The standard InChI is InChI=1S/C29H27B2F2N7O10P2/c30-51(43)46-10-16-24(22(33)29(48-16)40-8-13-2-4-18(42)38-25-20(13)27(40)36-11-35-25)50-52(31,44)45-9-15-23(49-51)21(32)28(47-15)39-7-12-1-3-17(41)37-14-5-6-34-26(39)19(12)14/h5-8,11,15-16,21-24,28-29H,1-4,9-10H2,(H,37,41)(H,35,36,38,42)/t15-,16-,21+,22?,23?,24+,28-,29-,51?,52?/m1/s1. The molecule has 17 nitrogen and oxygen atoms in total. The first kappa shape index (κ1) is 34.2. The zero-order chi connectivity index (χ0) is 36.1. The SMILES string of the molecule is [B]P1(=O)OC[C@H]2O[C@@H](n3cc4c5c(ncnc53)NC(=O)CC4)C(F)[C@H]2OP([B])(=O)OC[C@H]2O[C@@H](n3cc4c5c(ccnc53)NC(=O)CC4)[C@@H](F)C2O1. The van der Waals surface area contributed by atoms with E-state index in [9.17, 15) is 18.7 Å². The van der Waals surface area contributed by atoms with E-state index in [-0.39, 0.29) is 36.1 Å². The van der Waals surface area contributed by atoms with E-state index >= 15 is 8.78 Å². The molecule has 9 heterocycles. The fourth-order valence-electron chi connectivity index (χ4n) is 7.40. The number of hydrogen-bond donors (Lipinski definition) is 2. The van der Waals surface area contributed by atoms with Crippen LogP contribution in [0, 0.1) is 0 Å². The van der Waals surface area contributed by atoms with Gasteiger partial charge in [-0.25, -0.2) is 23.7 Å². The fraction of sp³-hybridized carbons (Fsp3) is 0.483. The van der Waals surface area contributed by atoms with Gasteiger partial charge in [-0.2, -0.15) is 0 Å². The molecule has 52 heavy (non-hydrogen) atoms. The molecule has 5 aliphatic heterocycles. The summed E-state index contributed by atoms with van der Waals surface area (Å²) in [6, 6.07) is 1.62. The highest BCUT2D eigenvalue weighted by Crippen LogP contribution is 2.54. The Morgan fingerprint density at radius 1 is 0.750 bits per heavy atom. The molecule has 0 aliphatic carbocycles. The summed E-state index contributed by atoms with van der Waals surface area (Å²) < 4.78 is 96.6. The average Bonchev–Trinajstić information content (AvgIpc) is 3.76. The lowest BCUT2D eigenvalue weighted by Crippen LogP contribution is -2.37. The normalized spacial score (nSPS) is 36.6. The molecule has 2 amide bonds. The number of aromatic nitrogens is 5. The van der Waals surface area contributed by atoms with Crippen molar-refractivity contribution in [3.8, 4) is 0 Å². The predicted octanol–water partition coefficient (Wildman–Crippen LogP) is 3.09.